The number of hydrogen-bond donors (Lipinski definition) is 2. The van der Waals surface area contributed by atoms with E-state index in [0.717, 1.165) is 36.6 Å². The van der Waals surface area contributed by atoms with Gasteiger partial charge in [0.2, 0.25) is 0 Å². The average molecular weight is 469 g/mol. The second-order valence-corrected chi connectivity index (χ2v) is 10.7. The highest BCUT2D eigenvalue weighted by molar-refractivity contribution is 5.94. The van der Waals surface area contributed by atoms with Crippen molar-refractivity contribution in [3.63, 3.8) is 0 Å². The number of nitrogens with zero attached hydrogens (tertiary/aromatic N) is 1. The molecular formula is C30H32N2O3. The number of carbonyl (C=O) groups is 1. The largest absolute Gasteiger partial charge is 0.487 e. The van der Waals surface area contributed by atoms with Gasteiger partial charge in [-0.05, 0) is 91.5 Å². The minimum Gasteiger partial charge on any atom is -0.487 e. The SMILES string of the molecule is O=C(NCC1(O)CC1)c1ccc([C@]2(c3ccc(OCc4ccccn4)cc3)C[C@@H]3CC[C@H]2C3)cc1. The number of benzene rings is 2. The minimum absolute atomic E-state index is 0.0133. The van der Waals surface area contributed by atoms with Crippen LogP contribution in [0.4, 0.5) is 0 Å². The normalized spacial score (nSPS) is 25.9. The lowest BCUT2D eigenvalue weighted by molar-refractivity contribution is 0.0896. The van der Waals surface area contributed by atoms with E-state index in [-0.39, 0.29) is 11.3 Å². The van der Waals surface area contributed by atoms with Gasteiger partial charge < -0.3 is 15.2 Å². The Balaban J connectivity index is 1.22. The summed E-state index contributed by atoms with van der Waals surface area (Å²) in [6.07, 6.45) is 8.33. The van der Waals surface area contributed by atoms with E-state index in [0.29, 0.717) is 24.6 Å². The fraction of sp³-hybridized carbons (Fsp3) is 0.400. The van der Waals surface area contributed by atoms with Crippen LogP contribution in [0.2, 0.25) is 0 Å². The van der Waals surface area contributed by atoms with Crippen LogP contribution in [0, 0.1) is 11.8 Å². The van der Waals surface area contributed by atoms with Gasteiger partial charge in [0.05, 0.1) is 11.3 Å². The van der Waals surface area contributed by atoms with Crippen LogP contribution in [-0.2, 0) is 12.0 Å². The van der Waals surface area contributed by atoms with Gasteiger partial charge in [-0.25, -0.2) is 0 Å². The van der Waals surface area contributed by atoms with Crippen molar-refractivity contribution in [2.24, 2.45) is 11.8 Å². The zero-order valence-corrected chi connectivity index (χ0v) is 20.0. The fourth-order valence-corrected chi connectivity index (χ4v) is 6.28. The molecule has 0 aliphatic heterocycles. The van der Waals surface area contributed by atoms with Crippen molar-refractivity contribution in [2.45, 2.75) is 56.1 Å². The van der Waals surface area contributed by atoms with Crippen molar-refractivity contribution in [3.05, 3.63) is 95.3 Å². The predicted octanol–water partition coefficient (Wildman–Crippen LogP) is 5.02. The molecule has 5 nitrogen and oxygen atoms in total. The molecule has 0 radical (unpaired) electrons. The number of aliphatic hydroxyl groups is 1. The molecule has 3 atom stereocenters. The van der Waals surface area contributed by atoms with Crippen molar-refractivity contribution in [1.29, 1.82) is 0 Å². The van der Waals surface area contributed by atoms with E-state index in [1.54, 1.807) is 6.20 Å². The van der Waals surface area contributed by atoms with Crippen molar-refractivity contribution in [1.82, 2.24) is 10.3 Å². The zero-order valence-electron chi connectivity index (χ0n) is 20.0. The summed E-state index contributed by atoms with van der Waals surface area (Å²) in [5.41, 5.74) is 3.50. The summed E-state index contributed by atoms with van der Waals surface area (Å²) < 4.78 is 5.98. The molecule has 0 saturated heterocycles. The molecule has 0 unspecified atom stereocenters. The third-order valence-electron chi connectivity index (χ3n) is 8.40. The molecule has 3 aromatic rings. The number of hydrogen-bond acceptors (Lipinski definition) is 4. The van der Waals surface area contributed by atoms with Gasteiger partial charge in [-0.15, -0.1) is 0 Å². The first kappa shape index (κ1) is 22.3. The Labute approximate surface area is 206 Å². The molecule has 1 aromatic heterocycles. The van der Waals surface area contributed by atoms with E-state index in [9.17, 15) is 9.90 Å². The van der Waals surface area contributed by atoms with Crippen LogP contribution in [0.3, 0.4) is 0 Å². The standard InChI is InChI=1S/C30H32N2O3/c33-28(32-20-29(34)14-15-29)22-5-8-23(9-6-22)30(18-21-4-7-25(30)17-21)24-10-12-27(13-11-24)35-19-26-3-1-2-16-31-26/h1-3,5-6,8-13,16,21,25,34H,4,7,14-15,17-20H2,(H,32,33)/t21-,25+,30+/m1/s1. The quantitative estimate of drug-likeness (QED) is 0.487. The number of carbonyl (C=O) groups excluding carboxylic acids is 1. The molecule has 2 bridgehead atoms. The number of amides is 1. The predicted molar refractivity (Wildman–Crippen MR) is 134 cm³/mol. The first-order valence-corrected chi connectivity index (χ1v) is 12.8. The maximum Gasteiger partial charge on any atom is 0.251 e. The fourth-order valence-electron chi connectivity index (χ4n) is 6.28. The number of aromatic nitrogens is 1. The van der Waals surface area contributed by atoms with Crippen molar-refractivity contribution in [3.8, 4) is 5.75 Å². The Morgan fingerprint density at radius 1 is 1.00 bits per heavy atom. The summed E-state index contributed by atoms with van der Waals surface area (Å²) in [5, 5.41) is 12.9. The van der Waals surface area contributed by atoms with Gasteiger partial charge in [0.1, 0.15) is 12.4 Å². The molecule has 3 aliphatic carbocycles. The van der Waals surface area contributed by atoms with Gasteiger partial charge in [0.15, 0.2) is 0 Å². The lowest BCUT2D eigenvalue weighted by Crippen LogP contribution is -2.35. The first-order chi connectivity index (χ1) is 17.0. The van der Waals surface area contributed by atoms with Crippen molar-refractivity contribution in [2.75, 3.05) is 6.54 Å². The van der Waals surface area contributed by atoms with Gasteiger partial charge >= 0.3 is 0 Å². The van der Waals surface area contributed by atoms with E-state index in [1.807, 2.05) is 30.3 Å². The molecule has 180 valence electrons. The molecule has 35 heavy (non-hydrogen) atoms. The molecule has 3 fully saturated rings. The van der Waals surface area contributed by atoms with Crippen LogP contribution in [0.25, 0.3) is 0 Å². The van der Waals surface area contributed by atoms with Crippen LogP contribution in [0.5, 0.6) is 5.75 Å². The molecule has 3 aliphatic rings. The van der Waals surface area contributed by atoms with Crippen molar-refractivity contribution >= 4 is 5.91 Å². The molecule has 0 spiro atoms. The highest BCUT2D eigenvalue weighted by Crippen LogP contribution is 2.60. The number of rotatable bonds is 8. The number of fused-ring (bicyclic) bond motifs is 2. The summed E-state index contributed by atoms with van der Waals surface area (Å²) in [6, 6.07) is 22.6. The molecule has 3 saturated carbocycles. The summed E-state index contributed by atoms with van der Waals surface area (Å²) in [4.78, 5) is 16.9. The molecule has 5 heteroatoms. The molecule has 6 rings (SSSR count). The molecule has 1 heterocycles. The molecular weight excluding hydrogens is 436 g/mol. The minimum atomic E-state index is -0.684. The Morgan fingerprint density at radius 3 is 2.34 bits per heavy atom. The Morgan fingerprint density at radius 2 is 1.74 bits per heavy atom. The summed E-state index contributed by atoms with van der Waals surface area (Å²) in [6.45, 7) is 0.785. The smallest absolute Gasteiger partial charge is 0.251 e. The lowest BCUT2D eigenvalue weighted by atomic mass is 9.64. The second kappa shape index (κ2) is 8.80. The van der Waals surface area contributed by atoms with Crippen LogP contribution in [0.1, 0.15) is 65.7 Å². The zero-order chi connectivity index (χ0) is 23.9. The highest BCUT2D eigenvalue weighted by Gasteiger charge is 2.52. The highest BCUT2D eigenvalue weighted by atomic mass is 16.5. The van der Waals surface area contributed by atoms with E-state index in [1.165, 1.54) is 30.4 Å². The van der Waals surface area contributed by atoms with E-state index >= 15 is 0 Å². The van der Waals surface area contributed by atoms with Gasteiger partial charge in [0, 0.05) is 23.7 Å². The topological polar surface area (TPSA) is 71.5 Å². The number of pyridine rings is 1. The Kier molecular flexibility index (Phi) is 5.60. The third kappa shape index (κ3) is 4.34. The lowest BCUT2D eigenvalue weighted by Gasteiger charge is -2.39. The molecule has 2 aromatic carbocycles. The van der Waals surface area contributed by atoms with Crippen molar-refractivity contribution < 1.29 is 14.6 Å². The monoisotopic (exact) mass is 468 g/mol. The number of nitrogens with one attached hydrogen (secondary N) is 1. The van der Waals surface area contributed by atoms with Crippen LogP contribution >= 0.6 is 0 Å². The second-order valence-electron chi connectivity index (χ2n) is 10.7. The third-order valence-corrected chi connectivity index (χ3v) is 8.40. The van der Waals surface area contributed by atoms with E-state index in [2.05, 4.69) is 46.7 Å². The maximum atomic E-state index is 12.6. The van der Waals surface area contributed by atoms with Crippen LogP contribution in [0.15, 0.2) is 72.9 Å². The Hall–Kier alpha value is -3.18. The van der Waals surface area contributed by atoms with Gasteiger partial charge in [-0.1, -0.05) is 36.8 Å². The average Bonchev–Trinajstić information content (AvgIpc) is 3.30. The van der Waals surface area contributed by atoms with Gasteiger partial charge in [-0.2, -0.15) is 0 Å². The summed E-state index contributed by atoms with van der Waals surface area (Å²) in [7, 11) is 0. The maximum absolute atomic E-state index is 12.6. The van der Waals surface area contributed by atoms with E-state index < -0.39 is 5.60 Å². The Bertz CT molecular complexity index is 1190. The first-order valence-electron chi connectivity index (χ1n) is 12.8. The van der Waals surface area contributed by atoms with Gasteiger partial charge in [0.25, 0.3) is 5.91 Å². The van der Waals surface area contributed by atoms with Crippen LogP contribution < -0.4 is 10.1 Å². The number of ether oxygens (including phenoxy) is 1. The summed E-state index contributed by atoms with van der Waals surface area (Å²) in [5.74, 6) is 2.12. The molecule has 2 N–H and O–H groups in total. The van der Waals surface area contributed by atoms with E-state index in [4.69, 9.17) is 4.74 Å². The summed E-state index contributed by atoms with van der Waals surface area (Å²) >= 11 is 0. The molecule has 1 amide bonds. The van der Waals surface area contributed by atoms with Crippen LogP contribution in [-0.4, -0.2) is 28.1 Å². The van der Waals surface area contributed by atoms with Gasteiger partial charge in [-0.3, -0.25) is 9.78 Å².